The van der Waals surface area contributed by atoms with E-state index in [0.717, 1.165) is 24.0 Å². The van der Waals surface area contributed by atoms with Crippen LogP contribution in [0, 0.1) is 0 Å². The van der Waals surface area contributed by atoms with Gasteiger partial charge in [0.2, 0.25) is 5.91 Å². The van der Waals surface area contributed by atoms with Gasteiger partial charge in [-0.2, -0.15) is 0 Å². The standard InChI is InChI=1S/C13H20N4O3/c1-9(18)14-10-5-4-6-17(7-10)11-8-15(2)13(20)16(3)12(11)19/h8,10H,4-7H2,1-3H3,(H,14,18). The Bertz CT molecular complexity index is 631. The minimum atomic E-state index is -0.339. The van der Waals surface area contributed by atoms with Crippen LogP contribution in [0.5, 0.6) is 0 Å². The highest BCUT2D eigenvalue weighted by Gasteiger charge is 2.23. The average molecular weight is 280 g/mol. The summed E-state index contributed by atoms with van der Waals surface area (Å²) < 4.78 is 2.51. The van der Waals surface area contributed by atoms with Gasteiger partial charge in [0.05, 0.1) is 0 Å². The molecule has 0 saturated carbocycles. The molecule has 20 heavy (non-hydrogen) atoms. The first kappa shape index (κ1) is 14.4. The van der Waals surface area contributed by atoms with E-state index in [-0.39, 0.29) is 23.2 Å². The monoisotopic (exact) mass is 280 g/mol. The van der Waals surface area contributed by atoms with Crippen LogP contribution in [0.2, 0.25) is 0 Å². The molecule has 1 atom stereocenters. The lowest BCUT2D eigenvalue weighted by Gasteiger charge is -2.34. The summed E-state index contributed by atoms with van der Waals surface area (Å²) in [6.07, 6.45) is 3.37. The van der Waals surface area contributed by atoms with E-state index in [1.54, 1.807) is 13.2 Å². The Morgan fingerprint density at radius 2 is 2.05 bits per heavy atom. The zero-order valence-electron chi connectivity index (χ0n) is 12.0. The van der Waals surface area contributed by atoms with E-state index < -0.39 is 0 Å². The average Bonchev–Trinajstić information content (AvgIpc) is 2.40. The summed E-state index contributed by atoms with van der Waals surface area (Å²) in [4.78, 5) is 36.9. The molecule has 1 aliphatic rings. The molecular weight excluding hydrogens is 260 g/mol. The molecule has 1 aliphatic heterocycles. The van der Waals surface area contributed by atoms with Gasteiger partial charge in [0, 0.05) is 46.3 Å². The molecule has 1 amide bonds. The highest BCUT2D eigenvalue weighted by Crippen LogP contribution is 2.15. The van der Waals surface area contributed by atoms with Gasteiger partial charge >= 0.3 is 5.69 Å². The highest BCUT2D eigenvalue weighted by molar-refractivity contribution is 5.73. The SMILES string of the molecule is CC(=O)NC1CCCN(c2cn(C)c(=O)n(C)c2=O)C1. The third-order valence-corrected chi connectivity index (χ3v) is 3.60. The second-order valence-corrected chi connectivity index (χ2v) is 5.26. The van der Waals surface area contributed by atoms with Crippen LogP contribution >= 0.6 is 0 Å². The highest BCUT2D eigenvalue weighted by atomic mass is 16.2. The van der Waals surface area contributed by atoms with Crippen molar-refractivity contribution in [1.82, 2.24) is 14.5 Å². The van der Waals surface area contributed by atoms with Crippen LogP contribution in [0.15, 0.2) is 15.8 Å². The number of carbonyl (C=O) groups is 1. The predicted octanol–water partition coefficient (Wildman–Crippen LogP) is -0.811. The summed E-state index contributed by atoms with van der Waals surface area (Å²) in [5, 5.41) is 2.88. The number of aromatic nitrogens is 2. The van der Waals surface area contributed by atoms with E-state index in [9.17, 15) is 14.4 Å². The van der Waals surface area contributed by atoms with Crippen LogP contribution in [0.3, 0.4) is 0 Å². The Labute approximate surface area is 116 Å². The van der Waals surface area contributed by atoms with Crippen LogP contribution in [0.25, 0.3) is 0 Å². The van der Waals surface area contributed by atoms with E-state index >= 15 is 0 Å². The molecule has 1 saturated heterocycles. The third kappa shape index (κ3) is 2.76. The van der Waals surface area contributed by atoms with Crippen LogP contribution in [0.1, 0.15) is 19.8 Å². The molecule has 7 heteroatoms. The minimum Gasteiger partial charge on any atom is -0.364 e. The number of carbonyl (C=O) groups excluding carboxylic acids is 1. The molecule has 0 aromatic carbocycles. The summed E-state index contributed by atoms with van der Waals surface area (Å²) in [5.41, 5.74) is -0.129. The van der Waals surface area contributed by atoms with E-state index in [4.69, 9.17) is 0 Å². The molecule has 110 valence electrons. The lowest BCUT2D eigenvalue weighted by atomic mass is 10.1. The van der Waals surface area contributed by atoms with E-state index in [1.807, 2.05) is 4.90 Å². The number of anilines is 1. The van der Waals surface area contributed by atoms with Crippen molar-refractivity contribution in [3.05, 3.63) is 27.0 Å². The van der Waals surface area contributed by atoms with Crippen molar-refractivity contribution >= 4 is 11.6 Å². The molecule has 1 N–H and O–H groups in total. The fourth-order valence-corrected chi connectivity index (χ4v) is 2.61. The van der Waals surface area contributed by atoms with Gasteiger partial charge in [0.25, 0.3) is 5.56 Å². The Hall–Kier alpha value is -2.05. The molecule has 0 bridgehead atoms. The van der Waals surface area contributed by atoms with Crippen molar-refractivity contribution in [3.63, 3.8) is 0 Å². The molecule has 0 aliphatic carbocycles. The number of hydrogen-bond acceptors (Lipinski definition) is 4. The molecule has 1 aromatic rings. The zero-order valence-corrected chi connectivity index (χ0v) is 12.0. The molecule has 2 rings (SSSR count). The number of nitrogens with one attached hydrogen (secondary N) is 1. The summed E-state index contributed by atoms with van der Waals surface area (Å²) in [7, 11) is 3.10. The Morgan fingerprint density at radius 1 is 1.35 bits per heavy atom. The van der Waals surface area contributed by atoms with E-state index in [2.05, 4.69) is 5.32 Å². The van der Waals surface area contributed by atoms with Crippen molar-refractivity contribution in [1.29, 1.82) is 0 Å². The maximum Gasteiger partial charge on any atom is 0.330 e. The van der Waals surface area contributed by atoms with Gasteiger partial charge in [0.15, 0.2) is 0 Å². The van der Waals surface area contributed by atoms with E-state index in [0.29, 0.717) is 12.2 Å². The summed E-state index contributed by atoms with van der Waals surface area (Å²) in [5.74, 6) is -0.0646. The van der Waals surface area contributed by atoms with Crippen molar-refractivity contribution in [2.24, 2.45) is 14.1 Å². The fraction of sp³-hybridized carbons (Fsp3) is 0.615. The number of rotatable bonds is 2. The molecule has 7 nitrogen and oxygen atoms in total. The van der Waals surface area contributed by atoms with Crippen molar-refractivity contribution < 1.29 is 4.79 Å². The first-order chi connectivity index (χ1) is 9.40. The minimum absolute atomic E-state index is 0.0446. The smallest absolute Gasteiger partial charge is 0.330 e. The topological polar surface area (TPSA) is 76.3 Å². The summed E-state index contributed by atoms with van der Waals surface area (Å²) in [6, 6.07) is 0.0446. The van der Waals surface area contributed by atoms with Gasteiger partial charge in [-0.25, -0.2) is 4.79 Å². The largest absolute Gasteiger partial charge is 0.364 e. The quantitative estimate of drug-likeness (QED) is 0.768. The number of hydrogen-bond donors (Lipinski definition) is 1. The molecule has 1 aromatic heterocycles. The van der Waals surface area contributed by atoms with Crippen molar-refractivity contribution in [2.45, 2.75) is 25.8 Å². The predicted molar refractivity (Wildman–Crippen MR) is 76.0 cm³/mol. The molecule has 0 radical (unpaired) electrons. The summed E-state index contributed by atoms with van der Waals surface area (Å²) in [6.45, 7) is 2.83. The van der Waals surface area contributed by atoms with Crippen molar-refractivity contribution in [3.8, 4) is 0 Å². The molecule has 0 spiro atoms. The van der Waals surface area contributed by atoms with Crippen LogP contribution in [-0.2, 0) is 18.9 Å². The van der Waals surface area contributed by atoms with Crippen molar-refractivity contribution in [2.75, 3.05) is 18.0 Å². The van der Waals surface area contributed by atoms with Gasteiger partial charge in [-0.1, -0.05) is 0 Å². The Kier molecular flexibility index (Phi) is 3.96. The molecule has 1 fully saturated rings. The van der Waals surface area contributed by atoms with Gasteiger partial charge in [0.1, 0.15) is 5.69 Å². The number of aryl methyl sites for hydroxylation is 1. The zero-order chi connectivity index (χ0) is 14.9. The van der Waals surface area contributed by atoms with Gasteiger partial charge in [-0.15, -0.1) is 0 Å². The second-order valence-electron chi connectivity index (χ2n) is 5.26. The molecular formula is C13H20N4O3. The maximum atomic E-state index is 12.2. The maximum absolute atomic E-state index is 12.2. The van der Waals surface area contributed by atoms with Gasteiger partial charge < -0.3 is 14.8 Å². The summed E-state index contributed by atoms with van der Waals surface area (Å²) >= 11 is 0. The molecule has 2 heterocycles. The second kappa shape index (κ2) is 5.52. The number of piperidine rings is 1. The first-order valence-electron chi connectivity index (χ1n) is 6.69. The van der Waals surface area contributed by atoms with Crippen LogP contribution < -0.4 is 21.5 Å². The van der Waals surface area contributed by atoms with E-state index in [1.165, 1.54) is 18.5 Å². The van der Waals surface area contributed by atoms with Gasteiger partial charge in [-0.3, -0.25) is 14.2 Å². The lowest BCUT2D eigenvalue weighted by molar-refractivity contribution is -0.119. The fourth-order valence-electron chi connectivity index (χ4n) is 2.61. The first-order valence-corrected chi connectivity index (χ1v) is 6.69. The molecule has 1 unspecified atom stereocenters. The number of nitrogens with zero attached hydrogens (tertiary/aromatic N) is 3. The van der Waals surface area contributed by atoms with Crippen LogP contribution in [-0.4, -0.2) is 34.2 Å². The Balaban J connectivity index is 2.30. The normalized spacial score (nSPS) is 18.9. The van der Waals surface area contributed by atoms with Crippen LogP contribution in [0.4, 0.5) is 5.69 Å². The third-order valence-electron chi connectivity index (χ3n) is 3.60. The Morgan fingerprint density at radius 3 is 2.70 bits per heavy atom. The number of amides is 1. The lowest BCUT2D eigenvalue weighted by Crippen LogP contribution is -2.50. The van der Waals surface area contributed by atoms with Gasteiger partial charge in [-0.05, 0) is 12.8 Å².